The first kappa shape index (κ1) is 17.7. The Balaban J connectivity index is 0.00000242. The Morgan fingerprint density at radius 1 is 1.52 bits per heavy atom. The summed E-state index contributed by atoms with van der Waals surface area (Å²) in [5, 5.41) is 0. The smallest absolute Gasteiger partial charge is 0.209 e. The van der Waals surface area contributed by atoms with Crippen LogP contribution in [0.2, 0.25) is 0 Å². The van der Waals surface area contributed by atoms with Crippen molar-refractivity contribution in [2.75, 3.05) is 39.0 Å². The maximum absolute atomic E-state index is 12.3. The first-order chi connectivity index (χ1) is 9.84. The van der Waals surface area contributed by atoms with Crippen molar-refractivity contribution in [3.05, 3.63) is 13.0 Å². The minimum Gasteiger partial charge on any atom is -0.490 e. The van der Waals surface area contributed by atoms with Gasteiger partial charge in [-0.1, -0.05) is 31.3 Å². The zero-order valence-electron chi connectivity index (χ0n) is 13.8. The number of piperazine rings is 1. The predicted octanol–water partition coefficient (Wildman–Crippen LogP) is 1.03. The van der Waals surface area contributed by atoms with E-state index in [0.717, 1.165) is 25.4 Å². The Morgan fingerprint density at radius 2 is 2.14 bits per heavy atom. The Bertz CT molecular complexity index is 419. The molecule has 2 saturated heterocycles. The largest absolute Gasteiger partial charge is 0.490 e. The first-order valence-electron chi connectivity index (χ1n) is 7.37. The molecule has 117 valence electrons. The number of carbonyl (C=O) groups is 2. The summed E-state index contributed by atoms with van der Waals surface area (Å²) in [5.74, 6) is 0.120. The van der Waals surface area contributed by atoms with Gasteiger partial charge in [-0.15, -0.1) is 5.41 Å². The van der Waals surface area contributed by atoms with Gasteiger partial charge in [0.1, 0.15) is 1.37 Å². The van der Waals surface area contributed by atoms with Crippen LogP contribution in [0.4, 0.5) is 0 Å². The van der Waals surface area contributed by atoms with E-state index < -0.39 is 6.39 Å². The normalized spacial score (nSPS) is 24.5. The second-order valence-electron chi connectivity index (χ2n) is 5.77. The number of carbonyl (C=O) groups excluding carboxylic acids is 2. The number of amides is 2. The molecular weight excluding hydrogens is 363 g/mol. The number of nitrogens with zero attached hydrogens (tertiary/aromatic N) is 3. The van der Waals surface area contributed by atoms with Crippen LogP contribution >= 0.6 is 11.9 Å². The van der Waals surface area contributed by atoms with Crippen molar-refractivity contribution in [1.29, 1.82) is 0 Å². The first-order valence-corrected chi connectivity index (χ1v) is 8.05. The fourth-order valence-corrected chi connectivity index (χ4v) is 3.32. The minimum atomic E-state index is -0.621. The van der Waals surface area contributed by atoms with Gasteiger partial charge in [-0.05, 0) is 12.8 Å². The predicted molar refractivity (Wildman–Crippen MR) is 80.4 cm³/mol. The molecule has 2 heterocycles. The van der Waals surface area contributed by atoms with E-state index in [1.807, 2.05) is 22.4 Å². The van der Waals surface area contributed by atoms with E-state index in [-0.39, 0.29) is 44.0 Å². The monoisotopic (exact) mass is 388 g/mol. The van der Waals surface area contributed by atoms with Crippen LogP contribution in [0.1, 0.15) is 21.1 Å². The molecule has 21 heavy (non-hydrogen) atoms. The molecule has 0 aromatic carbocycles. The second kappa shape index (κ2) is 8.27. The molecule has 2 aliphatic rings. The van der Waals surface area contributed by atoms with Crippen LogP contribution < -0.4 is 0 Å². The molecular formula is C14H23N3O2SY-2. The molecule has 0 aromatic rings. The Kier molecular flexibility index (Phi) is 6.98. The van der Waals surface area contributed by atoms with E-state index in [4.69, 9.17) is 1.37 Å². The van der Waals surface area contributed by atoms with Crippen molar-refractivity contribution >= 4 is 24.2 Å². The number of hydrogen-bond acceptors (Lipinski definition) is 4. The van der Waals surface area contributed by atoms with Crippen molar-refractivity contribution in [2.45, 2.75) is 19.8 Å². The molecule has 0 N–H and O–H groups in total. The van der Waals surface area contributed by atoms with Gasteiger partial charge in [0.2, 0.25) is 12.3 Å². The zero-order valence-corrected chi connectivity index (χ0v) is 16.5. The van der Waals surface area contributed by atoms with E-state index in [9.17, 15) is 9.59 Å². The fraction of sp³-hybridized carbons (Fsp3) is 0.714. The molecule has 2 aliphatic heterocycles. The third-order valence-electron chi connectivity index (χ3n) is 4.18. The fourth-order valence-electron chi connectivity index (χ4n) is 2.76. The number of hydrogen-bond donors (Lipinski definition) is 0. The summed E-state index contributed by atoms with van der Waals surface area (Å²) in [5.41, 5.74) is -0.218. The van der Waals surface area contributed by atoms with E-state index in [1.54, 1.807) is 11.9 Å². The van der Waals surface area contributed by atoms with Crippen LogP contribution in [0.15, 0.2) is 0 Å². The second-order valence-corrected chi connectivity index (χ2v) is 6.66. The molecule has 0 aromatic heterocycles. The summed E-state index contributed by atoms with van der Waals surface area (Å²) in [6.45, 7) is 9.25. The van der Waals surface area contributed by atoms with Crippen molar-refractivity contribution in [3.63, 3.8) is 0 Å². The maximum atomic E-state index is 12.3. The van der Waals surface area contributed by atoms with Gasteiger partial charge in [-0.25, -0.2) is 6.04 Å². The third kappa shape index (κ3) is 4.91. The molecule has 2 fully saturated rings. The SMILES string of the molecule is [3H]C(=O)N1CCC([CH2-])(CN2C(=O)CN(SC)C[C-]2C)CC1.[Y]. The quantitative estimate of drug-likeness (QED) is 0.412. The summed E-state index contributed by atoms with van der Waals surface area (Å²) >= 11 is 1.59. The molecule has 0 bridgehead atoms. The molecule has 7 heteroatoms. The third-order valence-corrected chi connectivity index (χ3v) is 4.96. The minimum absolute atomic E-state index is 0. The maximum Gasteiger partial charge on any atom is 0.209 e. The molecule has 2 amide bonds. The van der Waals surface area contributed by atoms with E-state index >= 15 is 0 Å². The molecule has 2 rings (SSSR count). The van der Waals surface area contributed by atoms with Crippen molar-refractivity contribution < 1.29 is 43.7 Å². The van der Waals surface area contributed by atoms with Crippen LogP contribution in [0.5, 0.6) is 0 Å². The van der Waals surface area contributed by atoms with E-state index in [1.165, 1.54) is 4.90 Å². The van der Waals surface area contributed by atoms with Gasteiger partial charge >= 0.3 is 0 Å². The Hall–Kier alpha value is 0.354. The summed E-state index contributed by atoms with van der Waals surface area (Å²) in [4.78, 5) is 26.8. The summed E-state index contributed by atoms with van der Waals surface area (Å²) < 4.78 is 9.20. The molecule has 0 atom stereocenters. The topological polar surface area (TPSA) is 43.9 Å². The van der Waals surface area contributed by atoms with Gasteiger partial charge < -0.3 is 16.7 Å². The summed E-state index contributed by atoms with van der Waals surface area (Å²) in [6, 6.07) is 1.06. The average Bonchev–Trinajstić information content (AvgIpc) is 2.43. The van der Waals surface area contributed by atoms with Gasteiger partial charge in [-0.2, -0.15) is 6.92 Å². The molecule has 1 radical (unpaired) electrons. The molecule has 0 saturated carbocycles. The number of rotatable bonds is 3. The van der Waals surface area contributed by atoms with Crippen molar-refractivity contribution in [2.24, 2.45) is 5.41 Å². The molecule has 0 unspecified atom stereocenters. The summed E-state index contributed by atoms with van der Waals surface area (Å²) in [6.07, 6.45) is 2.83. The van der Waals surface area contributed by atoms with Crippen LogP contribution in [0.25, 0.3) is 0 Å². The standard InChI is InChI=1S/C14H23N3O2S.Y/c1-12-8-16(20-3)9-13(19)17(12)10-14(2)4-6-15(11-18)7-5-14;/h11H,2,4-10H2,1,3H3;/q-2;/i11T;. The molecule has 0 spiro atoms. The van der Waals surface area contributed by atoms with Crippen LogP contribution in [-0.4, -0.2) is 65.4 Å². The number of likely N-dealkylation sites (tertiary alicyclic amines) is 1. The summed E-state index contributed by atoms with van der Waals surface area (Å²) in [7, 11) is 0. The zero-order chi connectivity index (χ0) is 15.6. The van der Waals surface area contributed by atoms with Crippen LogP contribution in [-0.2, 0) is 42.3 Å². The van der Waals surface area contributed by atoms with Gasteiger partial charge in [-0.3, -0.25) is 13.9 Å². The van der Waals surface area contributed by atoms with Gasteiger partial charge in [0.25, 0.3) is 0 Å². The van der Waals surface area contributed by atoms with Crippen molar-refractivity contribution in [1.82, 2.24) is 14.1 Å². The molecule has 0 aliphatic carbocycles. The Morgan fingerprint density at radius 3 is 2.62 bits per heavy atom. The van der Waals surface area contributed by atoms with Crippen molar-refractivity contribution in [3.8, 4) is 0 Å². The number of piperidine rings is 1. The van der Waals surface area contributed by atoms with E-state index in [2.05, 4.69) is 6.92 Å². The van der Waals surface area contributed by atoms with Gasteiger partial charge in [0.05, 0.1) is 6.54 Å². The van der Waals surface area contributed by atoms with E-state index in [0.29, 0.717) is 26.2 Å². The average molecular weight is 388 g/mol. The van der Waals surface area contributed by atoms with Crippen LogP contribution in [0.3, 0.4) is 0 Å². The Labute approximate surface area is 158 Å². The molecule has 5 nitrogen and oxygen atoms in total. The van der Waals surface area contributed by atoms with Gasteiger partial charge in [0.15, 0.2) is 0 Å². The van der Waals surface area contributed by atoms with Gasteiger partial charge in [0, 0.05) is 45.8 Å². The van der Waals surface area contributed by atoms with Crippen LogP contribution in [0, 0.1) is 18.4 Å².